The van der Waals surface area contributed by atoms with Gasteiger partial charge >= 0.3 is 5.97 Å². The molecule has 6 heteroatoms. The Morgan fingerprint density at radius 1 is 1.17 bits per heavy atom. The van der Waals surface area contributed by atoms with Crippen molar-refractivity contribution in [1.82, 2.24) is 0 Å². The first-order chi connectivity index (χ1) is 13.5. The van der Waals surface area contributed by atoms with E-state index in [1.807, 2.05) is 6.92 Å². The van der Waals surface area contributed by atoms with Gasteiger partial charge in [-0.2, -0.15) is 0 Å². The molecule has 162 valence electrons. The lowest BCUT2D eigenvalue weighted by molar-refractivity contribution is -0.199. The first-order valence-corrected chi connectivity index (χ1v) is 11.1. The van der Waals surface area contributed by atoms with Gasteiger partial charge in [-0.15, -0.1) is 0 Å². The number of hydrogen-bond acceptors (Lipinski definition) is 6. The van der Waals surface area contributed by atoms with E-state index in [0.29, 0.717) is 37.4 Å². The molecule has 4 aliphatic rings. The molecule has 2 N–H and O–H groups in total. The van der Waals surface area contributed by atoms with Crippen LogP contribution in [0.5, 0.6) is 0 Å². The smallest absolute Gasteiger partial charge is 0.303 e. The molecule has 0 aromatic heterocycles. The van der Waals surface area contributed by atoms with Gasteiger partial charge in [0.15, 0.2) is 6.61 Å². The second-order valence-corrected chi connectivity index (χ2v) is 10.6. The third-order valence-electron chi connectivity index (χ3n) is 9.43. The Kier molecular flexibility index (Phi) is 4.97. The number of fused-ring (bicyclic) bond motifs is 5. The van der Waals surface area contributed by atoms with E-state index in [9.17, 15) is 24.6 Å². The zero-order valence-corrected chi connectivity index (χ0v) is 17.8. The fraction of sp³-hybridized carbons (Fsp3) is 0.870. The van der Waals surface area contributed by atoms with E-state index in [-0.39, 0.29) is 23.2 Å². The van der Waals surface area contributed by atoms with Crippen molar-refractivity contribution in [2.45, 2.75) is 83.8 Å². The molecule has 29 heavy (non-hydrogen) atoms. The van der Waals surface area contributed by atoms with Crippen LogP contribution in [0.1, 0.15) is 72.1 Å². The predicted octanol–water partition coefficient (Wildman–Crippen LogP) is 2.43. The van der Waals surface area contributed by atoms with Gasteiger partial charge < -0.3 is 14.9 Å². The number of carbonyl (C=O) groups is 3. The zero-order valence-electron chi connectivity index (χ0n) is 17.8. The average Bonchev–Trinajstić information content (AvgIpc) is 2.91. The van der Waals surface area contributed by atoms with Crippen LogP contribution in [0.25, 0.3) is 0 Å². The number of rotatable bonds is 3. The number of hydrogen-bond donors (Lipinski definition) is 2. The van der Waals surface area contributed by atoms with Crippen molar-refractivity contribution < 1.29 is 29.3 Å². The Hall–Kier alpha value is -1.27. The molecule has 0 aromatic rings. The quantitative estimate of drug-likeness (QED) is 0.698. The van der Waals surface area contributed by atoms with E-state index < -0.39 is 35.5 Å². The van der Waals surface area contributed by atoms with Crippen LogP contribution in [0.3, 0.4) is 0 Å². The van der Waals surface area contributed by atoms with Crippen molar-refractivity contribution in [1.29, 1.82) is 0 Å². The Morgan fingerprint density at radius 2 is 1.90 bits per heavy atom. The third kappa shape index (κ3) is 2.93. The van der Waals surface area contributed by atoms with E-state index >= 15 is 0 Å². The molecule has 8 atom stereocenters. The molecular weight excluding hydrogens is 372 g/mol. The molecule has 0 saturated heterocycles. The summed E-state index contributed by atoms with van der Waals surface area (Å²) in [5.74, 6) is 0.182. The van der Waals surface area contributed by atoms with E-state index in [0.717, 1.165) is 25.7 Å². The van der Waals surface area contributed by atoms with Crippen molar-refractivity contribution in [3.8, 4) is 0 Å². The van der Waals surface area contributed by atoms with Gasteiger partial charge in [0.05, 0.1) is 6.10 Å². The highest BCUT2D eigenvalue weighted by molar-refractivity contribution is 5.91. The molecule has 0 unspecified atom stereocenters. The van der Waals surface area contributed by atoms with Gasteiger partial charge in [-0.05, 0) is 67.6 Å². The summed E-state index contributed by atoms with van der Waals surface area (Å²) in [7, 11) is 0. The van der Waals surface area contributed by atoms with E-state index in [4.69, 9.17) is 4.74 Å². The summed E-state index contributed by atoms with van der Waals surface area (Å²) in [6.07, 6.45) is 4.81. The number of ketones is 2. The molecule has 0 aliphatic heterocycles. The van der Waals surface area contributed by atoms with Gasteiger partial charge in [0.25, 0.3) is 0 Å². The zero-order chi connectivity index (χ0) is 21.2. The first-order valence-electron chi connectivity index (χ1n) is 11.1. The predicted molar refractivity (Wildman–Crippen MR) is 105 cm³/mol. The summed E-state index contributed by atoms with van der Waals surface area (Å²) in [5.41, 5.74) is -2.35. The molecule has 0 heterocycles. The van der Waals surface area contributed by atoms with Gasteiger partial charge in [-0.25, -0.2) is 0 Å². The summed E-state index contributed by atoms with van der Waals surface area (Å²) in [6, 6.07) is 0. The summed E-state index contributed by atoms with van der Waals surface area (Å²) < 4.78 is 4.89. The minimum Gasteiger partial charge on any atom is -0.458 e. The maximum Gasteiger partial charge on any atom is 0.303 e. The largest absolute Gasteiger partial charge is 0.458 e. The monoisotopic (exact) mass is 406 g/mol. The number of ether oxygens (including phenoxy) is 1. The van der Waals surface area contributed by atoms with Crippen LogP contribution in [0.4, 0.5) is 0 Å². The minimum atomic E-state index is -1.57. The molecule has 4 saturated carbocycles. The Balaban J connectivity index is 1.63. The first kappa shape index (κ1) is 21.0. The normalized spacial score (nSPS) is 49.0. The second-order valence-electron chi connectivity index (χ2n) is 10.6. The molecule has 0 radical (unpaired) electrons. The van der Waals surface area contributed by atoms with Gasteiger partial charge in [-0.3, -0.25) is 14.4 Å². The molecule has 0 amide bonds. The van der Waals surface area contributed by atoms with Crippen molar-refractivity contribution in [2.24, 2.45) is 34.5 Å². The van der Waals surface area contributed by atoms with Crippen LogP contribution in [0.2, 0.25) is 0 Å². The number of aliphatic hydroxyl groups excluding tert-OH is 1. The molecule has 4 rings (SSSR count). The fourth-order valence-electron chi connectivity index (χ4n) is 7.92. The highest BCUT2D eigenvalue weighted by Crippen LogP contribution is 2.68. The molecule has 0 spiro atoms. The standard InChI is InChI=1S/C23H34O6/c1-13(24)29-12-19(27)23(28)9-7-17-16-5-4-14-10-15(25)6-8-21(14,2)20(16)18(26)11-22(17,23)3/h14,16-18,20,26,28H,4-12H2,1-3H3/t14-,16+,17+,18+,20-,21+,22+,23+/m1/s1. The molecular formula is C23H34O6. The summed E-state index contributed by atoms with van der Waals surface area (Å²) in [6.45, 7) is 5.02. The van der Waals surface area contributed by atoms with Crippen LogP contribution in [0.15, 0.2) is 0 Å². The van der Waals surface area contributed by atoms with Crippen LogP contribution in [-0.2, 0) is 19.1 Å². The fourth-order valence-corrected chi connectivity index (χ4v) is 7.92. The van der Waals surface area contributed by atoms with Crippen molar-refractivity contribution in [2.75, 3.05) is 6.61 Å². The SMILES string of the molecule is CC(=O)OCC(=O)[C@@]1(O)CC[C@H]2[C@@H]3CC[C@@H]4CC(=O)CC[C@]4(C)[C@H]3[C@@H](O)C[C@@]21C. The molecule has 4 fully saturated rings. The van der Waals surface area contributed by atoms with Gasteiger partial charge in [0, 0.05) is 25.2 Å². The number of Topliss-reactive ketones (excluding diaryl/α,β-unsaturated/α-hetero) is 2. The summed E-state index contributed by atoms with van der Waals surface area (Å²) >= 11 is 0. The molecule has 0 bridgehead atoms. The molecule has 6 nitrogen and oxygen atoms in total. The average molecular weight is 407 g/mol. The highest BCUT2D eigenvalue weighted by atomic mass is 16.5. The second kappa shape index (κ2) is 6.88. The lowest BCUT2D eigenvalue weighted by Crippen LogP contribution is -2.63. The van der Waals surface area contributed by atoms with Gasteiger partial charge in [-0.1, -0.05) is 13.8 Å². The lowest BCUT2D eigenvalue weighted by Gasteiger charge is -2.62. The molecule has 4 aliphatic carbocycles. The van der Waals surface area contributed by atoms with Crippen molar-refractivity contribution in [3.63, 3.8) is 0 Å². The summed E-state index contributed by atoms with van der Waals surface area (Å²) in [4.78, 5) is 36.1. The third-order valence-corrected chi connectivity index (χ3v) is 9.43. The minimum absolute atomic E-state index is 0.0555. The van der Waals surface area contributed by atoms with Gasteiger partial charge in [0.2, 0.25) is 5.78 Å². The highest BCUT2D eigenvalue weighted by Gasteiger charge is 2.68. The Morgan fingerprint density at radius 3 is 2.59 bits per heavy atom. The van der Waals surface area contributed by atoms with Crippen LogP contribution in [-0.4, -0.2) is 46.1 Å². The van der Waals surface area contributed by atoms with E-state index in [2.05, 4.69) is 6.92 Å². The topological polar surface area (TPSA) is 101 Å². The van der Waals surface area contributed by atoms with E-state index in [1.54, 1.807) is 0 Å². The Bertz CT molecular complexity index is 733. The lowest BCUT2D eigenvalue weighted by atomic mass is 9.43. The van der Waals surface area contributed by atoms with Crippen LogP contribution in [0, 0.1) is 34.5 Å². The molecule has 0 aromatic carbocycles. The summed E-state index contributed by atoms with van der Waals surface area (Å²) in [5, 5.41) is 22.8. The maximum absolute atomic E-state index is 12.9. The number of carbonyl (C=O) groups excluding carboxylic acids is 3. The van der Waals surface area contributed by atoms with Gasteiger partial charge in [0.1, 0.15) is 11.4 Å². The van der Waals surface area contributed by atoms with Crippen molar-refractivity contribution >= 4 is 17.5 Å². The van der Waals surface area contributed by atoms with E-state index in [1.165, 1.54) is 6.92 Å². The van der Waals surface area contributed by atoms with Crippen LogP contribution >= 0.6 is 0 Å². The number of esters is 1. The Labute approximate surface area is 172 Å². The number of aliphatic hydroxyl groups is 2. The maximum atomic E-state index is 12.9. The van der Waals surface area contributed by atoms with Crippen molar-refractivity contribution in [3.05, 3.63) is 0 Å². The van der Waals surface area contributed by atoms with Crippen LogP contribution < -0.4 is 0 Å².